The molecule has 0 spiro atoms. The number of benzene rings is 1. The molecule has 0 aromatic heterocycles. The predicted octanol–water partition coefficient (Wildman–Crippen LogP) is 1.88. The van der Waals surface area contributed by atoms with Crippen LogP contribution in [0.15, 0.2) is 23.1 Å². The zero-order valence-electron chi connectivity index (χ0n) is 12.3. The molecule has 0 radical (unpaired) electrons. The Morgan fingerprint density at radius 2 is 1.95 bits per heavy atom. The van der Waals surface area contributed by atoms with E-state index in [4.69, 9.17) is 17.3 Å². The minimum Gasteiger partial charge on any atom is -0.397 e. The fourth-order valence-electron chi connectivity index (χ4n) is 2.16. The molecule has 1 aromatic rings. The molecule has 0 saturated carbocycles. The van der Waals surface area contributed by atoms with Crippen molar-refractivity contribution in [2.75, 3.05) is 32.9 Å². The summed E-state index contributed by atoms with van der Waals surface area (Å²) in [6.45, 7) is 4.76. The van der Waals surface area contributed by atoms with Gasteiger partial charge in [0.1, 0.15) is 0 Å². The highest BCUT2D eigenvalue weighted by atomic mass is 35.5. The Balaban J connectivity index is 3.14. The number of anilines is 1. The van der Waals surface area contributed by atoms with E-state index in [1.807, 2.05) is 32.8 Å². The number of nitrogens with zero attached hydrogens (tertiary/aromatic N) is 2. The minimum atomic E-state index is -3.57. The molecule has 0 aliphatic heterocycles. The Hall–Kier alpha value is -0.820. The number of hydrogen-bond acceptors (Lipinski definition) is 4. The standard InChI is InChI=1S/C13H22ClN3O2S/c1-5-17(10(2)9-16(3)4)20(18,19)11-6-7-12(14)13(15)8-11/h6-8,10H,5,9,15H2,1-4H3. The first-order valence-electron chi connectivity index (χ1n) is 6.41. The van der Waals surface area contributed by atoms with Gasteiger partial charge in [0.15, 0.2) is 0 Å². The molecule has 1 rings (SSSR count). The summed E-state index contributed by atoms with van der Waals surface area (Å²) < 4.78 is 26.8. The molecule has 0 heterocycles. The van der Waals surface area contributed by atoms with Crippen LogP contribution in [0.1, 0.15) is 13.8 Å². The summed E-state index contributed by atoms with van der Waals surface area (Å²) in [5.41, 5.74) is 5.96. The number of halogens is 1. The highest BCUT2D eigenvalue weighted by molar-refractivity contribution is 7.89. The maximum atomic E-state index is 12.7. The van der Waals surface area contributed by atoms with Crippen LogP contribution in [0.25, 0.3) is 0 Å². The van der Waals surface area contributed by atoms with Gasteiger partial charge in [0.2, 0.25) is 10.0 Å². The van der Waals surface area contributed by atoms with Gasteiger partial charge in [0.05, 0.1) is 15.6 Å². The largest absolute Gasteiger partial charge is 0.397 e. The first kappa shape index (κ1) is 17.2. The van der Waals surface area contributed by atoms with Crippen molar-refractivity contribution in [2.45, 2.75) is 24.8 Å². The molecule has 0 aliphatic rings. The second-order valence-corrected chi connectivity index (χ2v) is 7.30. The monoisotopic (exact) mass is 319 g/mol. The second-order valence-electron chi connectivity index (χ2n) is 5.00. The van der Waals surface area contributed by atoms with Crippen LogP contribution in [0.5, 0.6) is 0 Å². The van der Waals surface area contributed by atoms with Gasteiger partial charge in [0, 0.05) is 19.1 Å². The smallest absolute Gasteiger partial charge is 0.243 e. The van der Waals surface area contributed by atoms with E-state index in [1.165, 1.54) is 22.5 Å². The molecule has 2 N–H and O–H groups in total. The Morgan fingerprint density at radius 3 is 2.40 bits per heavy atom. The van der Waals surface area contributed by atoms with E-state index in [1.54, 1.807) is 0 Å². The highest BCUT2D eigenvalue weighted by Crippen LogP contribution is 2.25. The molecule has 20 heavy (non-hydrogen) atoms. The maximum absolute atomic E-state index is 12.7. The highest BCUT2D eigenvalue weighted by Gasteiger charge is 2.28. The number of likely N-dealkylation sites (N-methyl/N-ethyl adjacent to an activating group) is 2. The molecule has 1 atom stereocenters. The van der Waals surface area contributed by atoms with Crippen molar-refractivity contribution in [3.63, 3.8) is 0 Å². The van der Waals surface area contributed by atoms with Crippen LogP contribution in [0.2, 0.25) is 5.02 Å². The van der Waals surface area contributed by atoms with Crippen molar-refractivity contribution < 1.29 is 8.42 Å². The Morgan fingerprint density at radius 1 is 1.35 bits per heavy atom. The number of nitrogens with two attached hydrogens (primary N) is 1. The van der Waals surface area contributed by atoms with Gasteiger partial charge in [-0.3, -0.25) is 0 Å². The minimum absolute atomic E-state index is 0.128. The van der Waals surface area contributed by atoms with Gasteiger partial charge in [-0.15, -0.1) is 0 Å². The summed E-state index contributed by atoms with van der Waals surface area (Å²) in [6, 6.07) is 4.27. The lowest BCUT2D eigenvalue weighted by Crippen LogP contribution is -2.43. The number of nitrogen functional groups attached to an aromatic ring is 1. The molecule has 7 heteroatoms. The fraction of sp³-hybridized carbons (Fsp3) is 0.538. The molecule has 0 fully saturated rings. The molecule has 0 bridgehead atoms. The van der Waals surface area contributed by atoms with Gasteiger partial charge < -0.3 is 10.6 Å². The van der Waals surface area contributed by atoms with Crippen molar-refractivity contribution in [1.82, 2.24) is 9.21 Å². The zero-order chi connectivity index (χ0) is 15.5. The third kappa shape index (κ3) is 3.85. The van der Waals surface area contributed by atoms with Crippen LogP contribution in [-0.4, -0.2) is 50.8 Å². The van der Waals surface area contributed by atoms with E-state index in [0.717, 1.165) is 0 Å². The van der Waals surface area contributed by atoms with E-state index in [-0.39, 0.29) is 16.6 Å². The molecule has 114 valence electrons. The van der Waals surface area contributed by atoms with Crippen LogP contribution in [0, 0.1) is 0 Å². The van der Waals surface area contributed by atoms with Crippen LogP contribution in [0.3, 0.4) is 0 Å². The van der Waals surface area contributed by atoms with Crippen molar-refractivity contribution in [3.8, 4) is 0 Å². The Kier molecular flexibility index (Phi) is 5.82. The summed E-state index contributed by atoms with van der Waals surface area (Å²) >= 11 is 5.84. The molecule has 0 aliphatic carbocycles. The van der Waals surface area contributed by atoms with Crippen molar-refractivity contribution in [3.05, 3.63) is 23.2 Å². The molecular weight excluding hydrogens is 298 g/mol. The number of sulfonamides is 1. The average molecular weight is 320 g/mol. The first-order valence-corrected chi connectivity index (χ1v) is 8.23. The van der Waals surface area contributed by atoms with Crippen LogP contribution in [0.4, 0.5) is 5.69 Å². The maximum Gasteiger partial charge on any atom is 0.243 e. The van der Waals surface area contributed by atoms with Gasteiger partial charge >= 0.3 is 0 Å². The van der Waals surface area contributed by atoms with E-state index < -0.39 is 10.0 Å². The molecule has 0 amide bonds. The number of hydrogen-bond donors (Lipinski definition) is 1. The lowest BCUT2D eigenvalue weighted by molar-refractivity contribution is 0.271. The van der Waals surface area contributed by atoms with Gasteiger partial charge in [-0.25, -0.2) is 8.42 Å². The summed E-state index contributed by atoms with van der Waals surface area (Å²) in [7, 11) is 0.261. The lowest BCUT2D eigenvalue weighted by Gasteiger charge is -2.29. The predicted molar refractivity (Wildman–Crippen MR) is 83.4 cm³/mol. The van der Waals surface area contributed by atoms with Crippen molar-refractivity contribution in [1.29, 1.82) is 0 Å². The van der Waals surface area contributed by atoms with Gasteiger partial charge in [0.25, 0.3) is 0 Å². The summed E-state index contributed by atoms with van der Waals surface area (Å²) in [6.07, 6.45) is 0. The average Bonchev–Trinajstić information content (AvgIpc) is 2.31. The zero-order valence-corrected chi connectivity index (χ0v) is 13.9. The third-order valence-electron chi connectivity index (χ3n) is 3.01. The molecular formula is C13H22ClN3O2S. The Labute approximate surface area is 126 Å². The quantitative estimate of drug-likeness (QED) is 0.813. The van der Waals surface area contributed by atoms with Gasteiger partial charge in [-0.05, 0) is 39.2 Å². The van der Waals surface area contributed by atoms with Crippen molar-refractivity contribution >= 4 is 27.3 Å². The van der Waals surface area contributed by atoms with E-state index in [9.17, 15) is 8.42 Å². The van der Waals surface area contributed by atoms with Crippen LogP contribution < -0.4 is 5.73 Å². The molecule has 0 saturated heterocycles. The molecule has 1 aromatic carbocycles. The van der Waals surface area contributed by atoms with Gasteiger partial charge in [-0.1, -0.05) is 18.5 Å². The van der Waals surface area contributed by atoms with Gasteiger partial charge in [-0.2, -0.15) is 4.31 Å². The third-order valence-corrected chi connectivity index (χ3v) is 5.44. The topological polar surface area (TPSA) is 66.6 Å². The normalized spacial score (nSPS) is 13.9. The molecule has 5 nitrogen and oxygen atoms in total. The van der Waals surface area contributed by atoms with E-state index >= 15 is 0 Å². The van der Waals surface area contributed by atoms with E-state index in [2.05, 4.69) is 0 Å². The second kappa shape index (κ2) is 6.76. The summed E-state index contributed by atoms with van der Waals surface area (Å²) in [4.78, 5) is 2.13. The SMILES string of the molecule is CCN(C(C)CN(C)C)S(=O)(=O)c1ccc(Cl)c(N)c1. The lowest BCUT2D eigenvalue weighted by atomic mass is 10.3. The van der Waals surface area contributed by atoms with Crippen LogP contribution in [-0.2, 0) is 10.0 Å². The Bertz CT molecular complexity index is 561. The fourth-order valence-corrected chi connectivity index (χ4v) is 3.94. The summed E-state index contributed by atoms with van der Waals surface area (Å²) in [5.74, 6) is 0. The van der Waals surface area contributed by atoms with Crippen LogP contribution >= 0.6 is 11.6 Å². The number of rotatable bonds is 6. The summed E-state index contributed by atoms with van der Waals surface area (Å²) in [5, 5.41) is 0.355. The first-order chi connectivity index (χ1) is 9.20. The van der Waals surface area contributed by atoms with Crippen molar-refractivity contribution in [2.24, 2.45) is 0 Å². The van der Waals surface area contributed by atoms with E-state index in [0.29, 0.717) is 18.1 Å². The molecule has 1 unspecified atom stereocenters.